The number of nitrogens with two attached hydrogens (primary N) is 1. The van der Waals surface area contributed by atoms with Crippen LogP contribution in [0.25, 0.3) is 0 Å². The number of halogens is 4. The van der Waals surface area contributed by atoms with Gasteiger partial charge >= 0.3 is 6.18 Å². The molecule has 1 aromatic heterocycles. The lowest BCUT2D eigenvalue weighted by Crippen LogP contribution is -2.32. The molecule has 0 saturated heterocycles. The van der Waals surface area contributed by atoms with Crippen molar-refractivity contribution in [3.63, 3.8) is 0 Å². The molecule has 2 rings (SSSR count). The fourth-order valence-electron chi connectivity index (χ4n) is 2.50. The van der Waals surface area contributed by atoms with Gasteiger partial charge in [-0.2, -0.15) is 13.2 Å². The summed E-state index contributed by atoms with van der Waals surface area (Å²) in [6.45, 7) is 5.72. The summed E-state index contributed by atoms with van der Waals surface area (Å²) in [5.74, 6) is -0.0897. The van der Waals surface area contributed by atoms with E-state index in [9.17, 15) is 18.0 Å². The number of pyridine rings is 1. The van der Waals surface area contributed by atoms with Crippen molar-refractivity contribution in [3.05, 3.63) is 64.5 Å². The van der Waals surface area contributed by atoms with Gasteiger partial charge in [-0.25, -0.2) is 4.98 Å². The zero-order chi connectivity index (χ0) is 19.5. The predicted octanol–water partition coefficient (Wildman–Crippen LogP) is 4.38. The standard InChI is InChI=1S/C19H22F3N3O.ClH/c1-11(2)13-4-6-14(7-5-13)16(23)10-24-18(26)15-8-9-17(19(20,21)22)25-12(15)3;/h4-9,11,16H,10,23H2,1-3H3,(H,24,26);1H. The van der Waals surface area contributed by atoms with Crippen molar-refractivity contribution in [2.45, 2.75) is 38.9 Å². The molecule has 0 aliphatic rings. The van der Waals surface area contributed by atoms with Gasteiger partial charge in [-0.3, -0.25) is 4.79 Å². The molecule has 148 valence electrons. The van der Waals surface area contributed by atoms with Crippen LogP contribution in [-0.4, -0.2) is 17.4 Å². The third-order valence-electron chi connectivity index (χ3n) is 4.13. The highest BCUT2D eigenvalue weighted by molar-refractivity contribution is 5.95. The van der Waals surface area contributed by atoms with E-state index in [2.05, 4.69) is 24.1 Å². The van der Waals surface area contributed by atoms with Crippen molar-refractivity contribution >= 4 is 18.3 Å². The zero-order valence-electron chi connectivity index (χ0n) is 15.3. The van der Waals surface area contributed by atoms with Crippen molar-refractivity contribution in [3.8, 4) is 0 Å². The van der Waals surface area contributed by atoms with Crippen molar-refractivity contribution < 1.29 is 18.0 Å². The highest BCUT2D eigenvalue weighted by Gasteiger charge is 2.33. The van der Waals surface area contributed by atoms with E-state index in [0.717, 1.165) is 17.7 Å². The van der Waals surface area contributed by atoms with Crippen molar-refractivity contribution in [2.75, 3.05) is 6.54 Å². The van der Waals surface area contributed by atoms with E-state index < -0.39 is 23.8 Å². The van der Waals surface area contributed by atoms with E-state index in [1.54, 1.807) is 0 Å². The largest absolute Gasteiger partial charge is 0.433 e. The number of nitrogens with one attached hydrogen (secondary N) is 1. The molecule has 27 heavy (non-hydrogen) atoms. The van der Waals surface area contributed by atoms with E-state index >= 15 is 0 Å². The second-order valence-corrected chi connectivity index (χ2v) is 6.47. The van der Waals surface area contributed by atoms with Crippen molar-refractivity contribution in [1.82, 2.24) is 10.3 Å². The number of carbonyl (C=O) groups excluding carboxylic acids is 1. The Morgan fingerprint density at radius 2 is 1.67 bits per heavy atom. The second-order valence-electron chi connectivity index (χ2n) is 6.47. The minimum Gasteiger partial charge on any atom is -0.350 e. The number of nitrogens with zero attached hydrogens (tertiary/aromatic N) is 1. The maximum atomic E-state index is 12.6. The first kappa shape index (κ1) is 22.9. The van der Waals surface area contributed by atoms with Gasteiger partial charge in [0.15, 0.2) is 0 Å². The average molecular weight is 402 g/mol. The minimum absolute atomic E-state index is 0. The molecule has 0 aliphatic heterocycles. The van der Waals surface area contributed by atoms with Crippen LogP contribution in [0, 0.1) is 6.92 Å². The van der Waals surface area contributed by atoms with Crippen LogP contribution in [0.4, 0.5) is 13.2 Å². The van der Waals surface area contributed by atoms with Gasteiger partial charge in [0.25, 0.3) is 5.91 Å². The Bertz CT molecular complexity index is 777. The first-order valence-electron chi connectivity index (χ1n) is 8.28. The fourth-order valence-corrected chi connectivity index (χ4v) is 2.50. The maximum Gasteiger partial charge on any atom is 0.433 e. The molecule has 1 amide bonds. The van der Waals surface area contributed by atoms with Crippen LogP contribution in [0.3, 0.4) is 0 Å². The summed E-state index contributed by atoms with van der Waals surface area (Å²) in [6, 6.07) is 9.32. The molecule has 1 unspecified atom stereocenters. The van der Waals surface area contributed by atoms with Gasteiger partial charge in [-0.1, -0.05) is 38.1 Å². The average Bonchev–Trinajstić information content (AvgIpc) is 2.58. The third-order valence-corrected chi connectivity index (χ3v) is 4.13. The Hall–Kier alpha value is -2.12. The lowest BCUT2D eigenvalue weighted by atomic mass is 9.99. The summed E-state index contributed by atoms with van der Waals surface area (Å²) in [5.41, 5.74) is 7.25. The van der Waals surface area contributed by atoms with E-state index in [-0.39, 0.29) is 30.2 Å². The molecule has 0 fully saturated rings. The Labute approximate surface area is 162 Å². The minimum atomic E-state index is -4.54. The van der Waals surface area contributed by atoms with Gasteiger partial charge in [0.1, 0.15) is 5.69 Å². The zero-order valence-corrected chi connectivity index (χ0v) is 16.1. The maximum absolute atomic E-state index is 12.6. The van der Waals surface area contributed by atoms with Gasteiger partial charge < -0.3 is 11.1 Å². The number of hydrogen-bond acceptors (Lipinski definition) is 3. The highest BCUT2D eigenvalue weighted by Crippen LogP contribution is 2.28. The number of aryl methyl sites for hydroxylation is 1. The first-order valence-corrected chi connectivity index (χ1v) is 8.28. The molecule has 8 heteroatoms. The van der Waals surface area contributed by atoms with Crippen LogP contribution >= 0.6 is 12.4 Å². The molecule has 0 spiro atoms. The van der Waals surface area contributed by atoms with E-state index in [1.165, 1.54) is 12.5 Å². The van der Waals surface area contributed by atoms with Crippen molar-refractivity contribution in [1.29, 1.82) is 0 Å². The van der Waals surface area contributed by atoms with Crippen LogP contribution in [0.5, 0.6) is 0 Å². The SMILES string of the molecule is Cc1nc(C(F)(F)F)ccc1C(=O)NCC(N)c1ccc(C(C)C)cc1.Cl. The quantitative estimate of drug-likeness (QED) is 0.781. The molecule has 1 aromatic carbocycles. The van der Waals surface area contributed by atoms with Gasteiger partial charge in [0.05, 0.1) is 11.3 Å². The molecule has 0 bridgehead atoms. The first-order chi connectivity index (χ1) is 12.1. The van der Waals surface area contributed by atoms with Crippen LogP contribution in [-0.2, 0) is 6.18 Å². The molecule has 0 radical (unpaired) electrons. The Morgan fingerprint density at radius 3 is 2.15 bits per heavy atom. The molecule has 1 atom stereocenters. The summed E-state index contributed by atoms with van der Waals surface area (Å²) >= 11 is 0. The van der Waals surface area contributed by atoms with E-state index in [0.29, 0.717) is 5.92 Å². The van der Waals surface area contributed by atoms with Gasteiger partial charge in [-0.05, 0) is 36.1 Å². The smallest absolute Gasteiger partial charge is 0.350 e. The van der Waals surface area contributed by atoms with Crippen molar-refractivity contribution in [2.24, 2.45) is 5.73 Å². The summed E-state index contributed by atoms with van der Waals surface area (Å²) in [4.78, 5) is 15.7. The number of amides is 1. The van der Waals surface area contributed by atoms with Crippen LogP contribution in [0.1, 0.15) is 58.7 Å². The molecular weight excluding hydrogens is 379 g/mol. The fraction of sp³-hybridized carbons (Fsp3) is 0.368. The van der Waals surface area contributed by atoms with E-state index in [1.807, 2.05) is 24.3 Å². The Morgan fingerprint density at radius 1 is 1.11 bits per heavy atom. The number of hydrogen-bond donors (Lipinski definition) is 2. The summed E-state index contributed by atoms with van der Waals surface area (Å²) in [7, 11) is 0. The molecular formula is C19H23ClF3N3O. The third kappa shape index (κ3) is 5.94. The number of alkyl halides is 3. The molecule has 4 nitrogen and oxygen atoms in total. The molecule has 0 aliphatic carbocycles. The molecule has 1 heterocycles. The topological polar surface area (TPSA) is 68.0 Å². The second kappa shape index (κ2) is 9.19. The predicted molar refractivity (Wildman–Crippen MR) is 101 cm³/mol. The van der Waals surface area contributed by atoms with Crippen LogP contribution in [0.15, 0.2) is 36.4 Å². The Balaban J connectivity index is 0.00000364. The lowest BCUT2D eigenvalue weighted by molar-refractivity contribution is -0.141. The normalized spacial score (nSPS) is 12.4. The molecule has 0 saturated carbocycles. The summed E-state index contributed by atoms with van der Waals surface area (Å²) in [6.07, 6.45) is -4.54. The lowest BCUT2D eigenvalue weighted by Gasteiger charge is -2.15. The number of aromatic nitrogens is 1. The molecule has 2 aromatic rings. The number of carbonyl (C=O) groups is 1. The Kier molecular flexibility index (Phi) is 7.80. The highest BCUT2D eigenvalue weighted by atomic mass is 35.5. The van der Waals surface area contributed by atoms with Crippen LogP contribution < -0.4 is 11.1 Å². The van der Waals surface area contributed by atoms with Gasteiger partial charge in [0.2, 0.25) is 0 Å². The number of benzene rings is 1. The van der Waals surface area contributed by atoms with Gasteiger partial charge in [-0.15, -0.1) is 12.4 Å². The van der Waals surface area contributed by atoms with Crippen LogP contribution in [0.2, 0.25) is 0 Å². The number of rotatable bonds is 5. The van der Waals surface area contributed by atoms with E-state index in [4.69, 9.17) is 5.73 Å². The summed E-state index contributed by atoms with van der Waals surface area (Å²) in [5, 5.41) is 2.65. The monoisotopic (exact) mass is 401 g/mol. The summed E-state index contributed by atoms with van der Waals surface area (Å²) < 4.78 is 37.9. The molecule has 3 N–H and O–H groups in total. The van der Waals surface area contributed by atoms with Gasteiger partial charge in [0, 0.05) is 12.6 Å².